The molecular formula is C23H33N5O3. The molecule has 168 valence electrons. The molecule has 31 heavy (non-hydrogen) atoms. The fourth-order valence-corrected chi connectivity index (χ4v) is 5.09. The zero-order chi connectivity index (χ0) is 21.4. The number of hydrogen-bond acceptors (Lipinski definition) is 6. The molecule has 5 rings (SSSR count). The quantitative estimate of drug-likeness (QED) is 0.784. The van der Waals surface area contributed by atoms with Gasteiger partial charge in [-0.25, -0.2) is 4.98 Å². The Hall–Kier alpha value is -2.16. The lowest BCUT2D eigenvalue weighted by atomic mass is 10.1. The molecule has 1 atom stereocenters. The molecule has 2 aromatic heterocycles. The molecule has 0 unspecified atom stereocenters. The van der Waals surface area contributed by atoms with Crippen LogP contribution in [0.1, 0.15) is 41.1 Å². The summed E-state index contributed by atoms with van der Waals surface area (Å²) in [6, 6.07) is 2.31. The van der Waals surface area contributed by atoms with Crippen LogP contribution in [0.25, 0.3) is 0 Å². The molecule has 3 aliphatic rings. The summed E-state index contributed by atoms with van der Waals surface area (Å²) in [5, 5.41) is 0. The lowest BCUT2D eigenvalue weighted by molar-refractivity contribution is 0.0961. The molecule has 5 heterocycles. The molecule has 0 spiro atoms. The number of H-pyrrole nitrogens is 1. The second-order valence-corrected chi connectivity index (χ2v) is 9.02. The Labute approximate surface area is 183 Å². The van der Waals surface area contributed by atoms with Gasteiger partial charge in [-0.1, -0.05) is 0 Å². The van der Waals surface area contributed by atoms with Gasteiger partial charge < -0.3 is 18.9 Å². The Bertz CT molecular complexity index is 986. The largest absolute Gasteiger partial charge is 0.378 e. The van der Waals surface area contributed by atoms with Crippen LogP contribution < -0.4 is 10.5 Å². The van der Waals surface area contributed by atoms with Crippen molar-refractivity contribution in [2.75, 3.05) is 44.4 Å². The Kier molecular flexibility index (Phi) is 5.86. The number of aromatic amines is 1. The van der Waals surface area contributed by atoms with Crippen molar-refractivity contribution in [1.29, 1.82) is 0 Å². The topological polar surface area (TPSA) is 75.6 Å². The average molecular weight is 428 g/mol. The Morgan fingerprint density at radius 2 is 2.03 bits per heavy atom. The number of anilines is 1. The Morgan fingerprint density at radius 3 is 2.81 bits per heavy atom. The van der Waals surface area contributed by atoms with Crippen molar-refractivity contribution in [2.45, 2.75) is 58.8 Å². The van der Waals surface area contributed by atoms with Gasteiger partial charge in [-0.3, -0.25) is 14.7 Å². The molecule has 0 aliphatic carbocycles. The Morgan fingerprint density at radius 1 is 1.19 bits per heavy atom. The first-order valence-corrected chi connectivity index (χ1v) is 11.5. The van der Waals surface area contributed by atoms with Crippen LogP contribution in [0.15, 0.2) is 10.9 Å². The predicted molar refractivity (Wildman–Crippen MR) is 119 cm³/mol. The third-order valence-corrected chi connectivity index (χ3v) is 6.93. The van der Waals surface area contributed by atoms with Crippen molar-refractivity contribution in [2.24, 2.45) is 0 Å². The van der Waals surface area contributed by atoms with Gasteiger partial charge in [-0.15, -0.1) is 0 Å². The zero-order valence-corrected chi connectivity index (χ0v) is 18.7. The second-order valence-electron chi connectivity index (χ2n) is 9.02. The van der Waals surface area contributed by atoms with Gasteiger partial charge in [0.2, 0.25) is 5.95 Å². The SMILES string of the molecule is Cc1cc(CN2CCc3c(nc(N4CCOCC4)[nH]c3=O)C2)c(C)n1C[C@@H]1CCCO1. The monoisotopic (exact) mass is 427 g/mol. The number of aromatic nitrogens is 3. The summed E-state index contributed by atoms with van der Waals surface area (Å²) < 4.78 is 13.7. The molecule has 0 amide bonds. The fourth-order valence-electron chi connectivity index (χ4n) is 5.09. The highest BCUT2D eigenvalue weighted by atomic mass is 16.5. The summed E-state index contributed by atoms with van der Waals surface area (Å²) in [5.41, 5.74) is 5.76. The first-order valence-electron chi connectivity index (χ1n) is 11.5. The van der Waals surface area contributed by atoms with E-state index < -0.39 is 0 Å². The first-order chi connectivity index (χ1) is 15.1. The molecule has 0 aromatic carbocycles. The highest BCUT2D eigenvalue weighted by Gasteiger charge is 2.25. The van der Waals surface area contributed by atoms with E-state index in [0.29, 0.717) is 31.8 Å². The first kappa shape index (κ1) is 20.7. The van der Waals surface area contributed by atoms with Crippen molar-refractivity contribution in [1.82, 2.24) is 19.4 Å². The lowest BCUT2D eigenvalue weighted by Gasteiger charge is -2.30. The van der Waals surface area contributed by atoms with Crippen molar-refractivity contribution >= 4 is 5.95 Å². The van der Waals surface area contributed by atoms with Gasteiger partial charge in [-0.2, -0.15) is 0 Å². The van der Waals surface area contributed by atoms with E-state index in [0.717, 1.165) is 63.4 Å². The summed E-state index contributed by atoms with van der Waals surface area (Å²) in [6.07, 6.45) is 3.41. The van der Waals surface area contributed by atoms with Crippen LogP contribution in [0, 0.1) is 13.8 Å². The maximum Gasteiger partial charge on any atom is 0.255 e. The highest BCUT2D eigenvalue weighted by molar-refractivity contribution is 5.35. The van der Waals surface area contributed by atoms with Crippen LogP contribution in [-0.4, -0.2) is 65.0 Å². The molecular weight excluding hydrogens is 394 g/mol. The van der Waals surface area contributed by atoms with Crippen molar-refractivity contribution in [3.8, 4) is 0 Å². The van der Waals surface area contributed by atoms with Crippen molar-refractivity contribution < 1.29 is 9.47 Å². The maximum atomic E-state index is 12.7. The van der Waals surface area contributed by atoms with E-state index in [-0.39, 0.29) is 5.56 Å². The molecule has 8 heteroatoms. The number of nitrogens with one attached hydrogen (secondary N) is 1. The van der Waals surface area contributed by atoms with Crippen molar-refractivity contribution in [3.05, 3.63) is 44.6 Å². The van der Waals surface area contributed by atoms with E-state index in [1.165, 1.54) is 23.4 Å². The normalized spacial score (nSPS) is 22.1. The molecule has 0 radical (unpaired) electrons. The summed E-state index contributed by atoms with van der Waals surface area (Å²) in [6.45, 7) is 11.6. The number of morpholine rings is 1. The number of ether oxygens (including phenoxy) is 2. The minimum atomic E-state index is 0.0147. The third-order valence-electron chi connectivity index (χ3n) is 6.93. The number of hydrogen-bond donors (Lipinski definition) is 1. The smallest absolute Gasteiger partial charge is 0.255 e. The van der Waals surface area contributed by atoms with Gasteiger partial charge in [0, 0.05) is 62.8 Å². The van der Waals surface area contributed by atoms with Gasteiger partial charge >= 0.3 is 0 Å². The van der Waals surface area contributed by atoms with Gasteiger partial charge in [0.15, 0.2) is 0 Å². The lowest BCUT2D eigenvalue weighted by Crippen LogP contribution is -2.40. The van der Waals surface area contributed by atoms with Crippen LogP contribution in [0.3, 0.4) is 0 Å². The molecule has 0 saturated carbocycles. The summed E-state index contributed by atoms with van der Waals surface area (Å²) in [4.78, 5) is 25.0. The molecule has 0 bridgehead atoms. The number of rotatable bonds is 5. The summed E-state index contributed by atoms with van der Waals surface area (Å²) >= 11 is 0. The highest BCUT2D eigenvalue weighted by Crippen LogP contribution is 2.24. The van der Waals surface area contributed by atoms with Gasteiger partial charge in [0.25, 0.3) is 5.56 Å². The minimum absolute atomic E-state index is 0.0147. The van der Waals surface area contributed by atoms with Crippen LogP contribution in [0.4, 0.5) is 5.95 Å². The third kappa shape index (κ3) is 4.29. The van der Waals surface area contributed by atoms with E-state index >= 15 is 0 Å². The maximum absolute atomic E-state index is 12.7. The fraction of sp³-hybridized carbons (Fsp3) is 0.652. The van der Waals surface area contributed by atoms with Gasteiger partial charge in [-0.05, 0) is 44.7 Å². The molecule has 2 saturated heterocycles. The number of fused-ring (bicyclic) bond motifs is 1. The average Bonchev–Trinajstić information content (AvgIpc) is 3.38. The van der Waals surface area contributed by atoms with E-state index in [1.807, 2.05) is 0 Å². The van der Waals surface area contributed by atoms with Gasteiger partial charge in [0.05, 0.1) is 25.0 Å². The molecule has 2 fully saturated rings. The molecule has 1 N–H and O–H groups in total. The van der Waals surface area contributed by atoms with Crippen LogP contribution in [0.2, 0.25) is 0 Å². The molecule has 3 aliphatic heterocycles. The van der Waals surface area contributed by atoms with E-state index in [4.69, 9.17) is 14.5 Å². The predicted octanol–water partition coefficient (Wildman–Crippen LogP) is 1.76. The van der Waals surface area contributed by atoms with Crippen LogP contribution in [0.5, 0.6) is 0 Å². The number of aryl methyl sites for hydroxylation is 1. The standard InChI is InChI=1S/C23H33N5O3/c1-16-12-18(17(2)28(16)14-19-4-3-9-31-19)13-26-6-5-20-21(15-26)24-23(25-22(20)29)27-7-10-30-11-8-27/h12,19H,3-11,13-15H2,1-2H3,(H,24,25,29)/t19-/m0/s1. The minimum Gasteiger partial charge on any atom is -0.378 e. The van der Waals surface area contributed by atoms with E-state index in [2.05, 4.69) is 39.3 Å². The zero-order valence-electron chi connectivity index (χ0n) is 18.7. The van der Waals surface area contributed by atoms with Crippen LogP contribution in [-0.2, 0) is 35.5 Å². The van der Waals surface area contributed by atoms with Crippen LogP contribution >= 0.6 is 0 Å². The summed E-state index contributed by atoms with van der Waals surface area (Å²) in [7, 11) is 0. The number of nitrogens with zero attached hydrogens (tertiary/aromatic N) is 4. The second kappa shape index (κ2) is 8.76. The summed E-state index contributed by atoms with van der Waals surface area (Å²) in [5.74, 6) is 0.684. The van der Waals surface area contributed by atoms with E-state index in [1.54, 1.807) is 0 Å². The molecule has 2 aromatic rings. The van der Waals surface area contributed by atoms with E-state index in [9.17, 15) is 4.79 Å². The van der Waals surface area contributed by atoms with Gasteiger partial charge in [0.1, 0.15) is 0 Å². The molecule has 8 nitrogen and oxygen atoms in total. The van der Waals surface area contributed by atoms with Crippen molar-refractivity contribution in [3.63, 3.8) is 0 Å². The Balaban J connectivity index is 1.31.